The fourth-order valence-corrected chi connectivity index (χ4v) is 3.29. The number of hydrogen-bond acceptors (Lipinski definition) is 5. The minimum absolute atomic E-state index is 0.101. The second kappa shape index (κ2) is 6.98. The van der Waals surface area contributed by atoms with Crippen LogP contribution in [-0.4, -0.2) is 33.7 Å². The fraction of sp³-hybridized carbons (Fsp3) is 0.133. The summed E-state index contributed by atoms with van der Waals surface area (Å²) in [6.45, 7) is 0. The predicted molar refractivity (Wildman–Crippen MR) is 88.8 cm³/mol. The summed E-state index contributed by atoms with van der Waals surface area (Å²) < 4.78 is 37.5. The molecular weight excluding hydrogens is 358 g/mol. The molecule has 0 aliphatic heterocycles. The summed E-state index contributed by atoms with van der Waals surface area (Å²) in [6.07, 6.45) is 0. The summed E-state index contributed by atoms with van der Waals surface area (Å²) in [6, 6.07) is 7.77. The van der Waals surface area contributed by atoms with E-state index in [1.165, 1.54) is 44.6 Å². The van der Waals surface area contributed by atoms with Crippen molar-refractivity contribution in [1.82, 2.24) is 0 Å². The number of anilines is 1. The lowest BCUT2D eigenvalue weighted by molar-refractivity contribution is 0.0696. The van der Waals surface area contributed by atoms with Gasteiger partial charge < -0.3 is 14.6 Å². The Bertz CT molecular complexity index is 882. The maximum atomic E-state index is 12.5. The molecule has 0 saturated heterocycles. The van der Waals surface area contributed by atoms with E-state index in [9.17, 15) is 13.2 Å². The molecule has 7 nitrogen and oxygen atoms in total. The van der Waals surface area contributed by atoms with Gasteiger partial charge in [0.2, 0.25) is 0 Å². The lowest BCUT2D eigenvalue weighted by Gasteiger charge is -2.14. The van der Waals surface area contributed by atoms with Crippen molar-refractivity contribution in [2.24, 2.45) is 0 Å². The molecule has 0 amide bonds. The van der Waals surface area contributed by atoms with E-state index in [2.05, 4.69) is 4.72 Å². The Hall–Kier alpha value is -2.45. The number of ether oxygens (including phenoxy) is 2. The zero-order valence-electron chi connectivity index (χ0n) is 12.7. The standard InChI is InChI=1S/C15H14ClNO6S/c1-22-13-8-14(23-2)12(7-11(13)16)17-24(20,21)10-5-3-4-9(6-10)15(18)19/h3-8,17H,1-2H3,(H,18,19). The van der Waals surface area contributed by atoms with Gasteiger partial charge in [-0.1, -0.05) is 17.7 Å². The lowest BCUT2D eigenvalue weighted by atomic mass is 10.2. The second-order valence-electron chi connectivity index (χ2n) is 4.63. The normalized spacial score (nSPS) is 11.0. The highest BCUT2D eigenvalue weighted by atomic mass is 35.5. The molecule has 0 saturated carbocycles. The van der Waals surface area contributed by atoms with Crippen LogP contribution >= 0.6 is 11.6 Å². The Kier molecular flexibility index (Phi) is 5.20. The molecule has 0 heterocycles. The highest BCUT2D eigenvalue weighted by Gasteiger charge is 2.19. The van der Waals surface area contributed by atoms with Crippen LogP contribution in [0.4, 0.5) is 5.69 Å². The summed E-state index contributed by atoms with van der Waals surface area (Å²) >= 11 is 6.01. The van der Waals surface area contributed by atoms with E-state index >= 15 is 0 Å². The smallest absolute Gasteiger partial charge is 0.335 e. The molecule has 24 heavy (non-hydrogen) atoms. The number of carbonyl (C=O) groups is 1. The Balaban J connectivity index is 2.44. The number of carboxylic acids is 1. The van der Waals surface area contributed by atoms with E-state index in [0.29, 0.717) is 5.75 Å². The van der Waals surface area contributed by atoms with Crippen molar-refractivity contribution < 1.29 is 27.8 Å². The predicted octanol–water partition coefficient (Wildman–Crippen LogP) is 2.86. The number of halogens is 1. The van der Waals surface area contributed by atoms with E-state index in [1.807, 2.05) is 0 Å². The fourth-order valence-electron chi connectivity index (χ4n) is 1.94. The monoisotopic (exact) mass is 371 g/mol. The molecule has 0 aromatic heterocycles. The van der Waals surface area contributed by atoms with Crippen LogP contribution in [0.2, 0.25) is 5.02 Å². The topological polar surface area (TPSA) is 102 Å². The molecule has 0 radical (unpaired) electrons. The van der Waals surface area contributed by atoms with Crippen LogP contribution in [0.15, 0.2) is 41.3 Å². The third-order valence-electron chi connectivity index (χ3n) is 3.11. The summed E-state index contributed by atoms with van der Waals surface area (Å²) in [5.74, 6) is -0.698. The first-order valence-corrected chi connectivity index (χ1v) is 8.42. The number of rotatable bonds is 6. The molecule has 0 unspecified atom stereocenters. The van der Waals surface area contributed by atoms with Crippen molar-refractivity contribution in [3.8, 4) is 11.5 Å². The van der Waals surface area contributed by atoms with Gasteiger partial charge in [-0.15, -0.1) is 0 Å². The molecule has 2 N–H and O–H groups in total. The van der Waals surface area contributed by atoms with E-state index in [0.717, 1.165) is 6.07 Å². The minimum atomic E-state index is -4.03. The maximum absolute atomic E-state index is 12.5. The molecule has 0 atom stereocenters. The van der Waals surface area contributed by atoms with Crippen LogP contribution in [0.1, 0.15) is 10.4 Å². The van der Waals surface area contributed by atoms with Crippen molar-refractivity contribution in [2.75, 3.05) is 18.9 Å². The summed E-state index contributed by atoms with van der Waals surface area (Å²) in [4.78, 5) is 10.8. The first kappa shape index (κ1) is 17.9. The number of nitrogens with one attached hydrogen (secondary N) is 1. The van der Waals surface area contributed by atoms with Crippen LogP contribution in [0, 0.1) is 0 Å². The molecule has 128 valence electrons. The largest absolute Gasteiger partial charge is 0.495 e. The van der Waals surface area contributed by atoms with Gasteiger partial charge in [-0.05, 0) is 24.3 Å². The van der Waals surface area contributed by atoms with Gasteiger partial charge >= 0.3 is 5.97 Å². The van der Waals surface area contributed by atoms with Crippen molar-refractivity contribution in [2.45, 2.75) is 4.90 Å². The Morgan fingerprint density at radius 2 is 1.79 bits per heavy atom. The quantitative estimate of drug-likeness (QED) is 0.809. The average molecular weight is 372 g/mol. The first-order valence-electron chi connectivity index (χ1n) is 6.56. The molecule has 0 bridgehead atoms. The SMILES string of the molecule is COc1cc(OC)c(NS(=O)(=O)c2cccc(C(=O)O)c2)cc1Cl. The first-order chi connectivity index (χ1) is 11.3. The molecular formula is C15H14ClNO6S. The van der Waals surface area contributed by atoms with Gasteiger partial charge in [0.1, 0.15) is 11.5 Å². The van der Waals surface area contributed by atoms with Crippen LogP contribution in [0.25, 0.3) is 0 Å². The highest BCUT2D eigenvalue weighted by molar-refractivity contribution is 7.92. The average Bonchev–Trinajstić information content (AvgIpc) is 2.55. The Morgan fingerprint density at radius 1 is 1.12 bits per heavy atom. The van der Waals surface area contributed by atoms with Gasteiger partial charge in [-0.25, -0.2) is 13.2 Å². The molecule has 0 spiro atoms. The number of carboxylic acid groups (broad SMARTS) is 1. The zero-order chi connectivity index (χ0) is 17.9. The van der Waals surface area contributed by atoms with Crippen molar-refractivity contribution >= 4 is 33.3 Å². The number of sulfonamides is 1. The second-order valence-corrected chi connectivity index (χ2v) is 6.72. The van der Waals surface area contributed by atoms with Gasteiger partial charge in [0.15, 0.2) is 0 Å². The van der Waals surface area contributed by atoms with E-state index in [1.54, 1.807) is 0 Å². The summed E-state index contributed by atoms with van der Waals surface area (Å²) in [7, 11) is -1.25. The van der Waals surface area contributed by atoms with Gasteiger partial charge in [-0.2, -0.15) is 0 Å². The zero-order valence-corrected chi connectivity index (χ0v) is 14.3. The summed E-state index contributed by atoms with van der Waals surface area (Å²) in [5.41, 5.74) is -0.0402. The third-order valence-corrected chi connectivity index (χ3v) is 4.77. The number of methoxy groups -OCH3 is 2. The lowest BCUT2D eigenvalue weighted by Crippen LogP contribution is -2.14. The van der Waals surface area contributed by atoms with Gasteiger partial charge in [0, 0.05) is 6.07 Å². The Labute approximate surface area is 143 Å². The van der Waals surface area contributed by atoms with Crippen LogP contribution in [0.3, 0.4) is 0 Å². The van der Waals surface area contributed by atoms with E-state index in [4.69, 9.17) is 26.2 Å². The Morgan fingerprint density at radius 3 is 2.38 bits per heavy atom. The molecule has 9 heteroatoms. The molecule has 0 fully saturated rings. The van der Waals surface area contributed by atoms with Crippen molar-refractivity contribution in [3.05, 3.63) is 47.0 Å². The minimum Gasteiger partial charge on any atom is -0.495 e. The van der Waals surface area contributed by atoms with Gasteiger partial charge in [-0.3, -0.25) is 4.72 Å². The molecule has 2 aromatic rings. The van der Waals surface area contributed by atoms with Crippen LogP contribution < -0.4 is 14.2 Å². The number of aromatic carboxylic acids is 1. The van der Waals surface area contributed by atoms with Crippen LogP contribution in [-0.2, 0) is 10.0 Å². The number of benzene rings is 2. The van der Waals surface area contributed by atoms with Crippen molar-refractivity contribution in [1.29, 1.82) is 0 Å². The third kappa shape index (κ3) is 3.72. The van der Waals surface area contributed by atoms with E-state index in [-0.39, 0.29) is 26.9 Å². The highest BCUT2D eigenvalue weighted by Crippen LogP contribution is 2.36. The maximum Gasteiger partial charge on any atom is 0.335 e. The summed E-state index contributed by atoms with van der Waals surface area (Å²) in [5, 5.41) is 9.16. The molecule has 2 rings (SSSR count). The van der Waals surface area contributed by atoms with Crippen LogP contribution in [0.5, 0.6) is 11.5 Å². The van der Waals surface area contributed by atoms with E-state index < -0.39 is 16.0 Å². The van der Waals surface area contributed by atoms with Crippen molar-refractivity contribution in [3.63, 3.8) is 0 Å². The van der Waals surface area contributed by atoms with Gasteiger partial charge in [0.25, 0.3) is 10.0 Å². The number of hydrogen-bond donors (Lipinski definition) is 2. The molecule has 2 aromatic carbocycles. The van der Waals surface area contributed by atoms with Gasteiger partial charge in [0.05, 0.1) is 35.4 Å². The molecule has 0 aliphatic carbocycles. The molecule has 0 aliphatic rings.